The molecule has 0 radical (unpaired) electrons. The second-order valence-corrected chi connectivity index (χ2v) is 8.33. The molecule has 1 aromatic heterocycles. The van der Waals surface area contributed by atoms with E-state index in [0.717, 1.165) is 26.1 Å². The van der Waals surface area contributed by atoms with Gasteiger partial charge in [0.2, 0.25) is 0 Å². The molecule has 0 N–H and O–H groups in total. The highest BCUT2D eigenvalue weighted by atomic mass is 32.1. The number of alkyl halides is 3. The summed E-state index contributed by atoms with van der Waals surface area (Å²) in [5, 5.41) is 4.33. The minimum absolute atomic E-state index is 0.235. The third-order valence-electron chi connectivity index (χ3n) is 5.39. The zero-order chi connectivity index (χ0) is 20.7. The SMILES string of the molecule is CCCCCN1CCC(c2ccsc2)C(COc2ccc(OC(F)(F)F)cc2)C1. The second-order valence-electron chi connectivity index (χ2n) is 7.55. The Morgan fingerprint density at radius 1 is 1.10 bits per heavy atom. The third kappa shape index (κ3) is 6.93. The number of unbranched alkanes of at least 4 members (excludes halogenated alkanes) is 2. The van der Waals surface area contributed by atoms with Crippen molar-refractivity contribution in [3.63, 3.8) is 0 Å². The maximum Gasteiger partial charge on any atom is 0.573 e. The van der Waals surface area contributed by atoms with E-state index in [9.17, 15) is 13.2 Å². The zero-order valence-corrected chi connectivity index (χ0v) is 17.5. The van der Waals surface area contributed by atoms with Gasteiger partial charge in [0.05, 0.1) is 6.61 Å². The molecule has 1 saturated heterocycles. The van der Waals surface area contributed by atoms with Gasteiger partial charge in [-0.05, 0) is 78.5 Å². The van der Waals surface area contributed by atoms with Crippen molar-refractivity contribution in [3.05, 3.63) is 46.7 Å². The third-order valence-corrected chi connectivity index (χ3v) is 6.09. The summed E-state index contributed by atoms with van der Waals surface area (Å²) in [6, 6.07) is 7.83. The number of rotatable bonds is 9. The molecule has 3 nitrogen and oxygen atoms in total. The first-order valence-electron chi connectivity index (χ1n) is 10.2. The first kappa shape index (κ1) is 22.0. The van der Waals surface area contributed by atoms with Gasteiger partial charge >= 0.3 is 6.36 Å². The molecule has 1 aromatic carbocycles. The predicted molar refractivity (Wildman–Crippen MR) is 110 cm³/mol. The van der Waals surface area contributed by atoms with Gasteiger partial charge in [-0.15, -0.1) is 13.2 Å². The molecule has 7 heteroatoms. The number of ether oxygens (including phenoxy) is 2. The Kier molecular flexibility index (Phi) is 7.84. The molecule has 0 aliphatic carbocycles. The molecule has 0 amide bonds. The van der Waals surface area contributed by atoms with Gasteiger partial charge in [0.1, 0.15) is 11.5 Å². The quantitative estimate of drug-likeness (QED) is 0.437. The lowest BCUT2D eigenvalue weighted by atomic mass is 9.82. The second kappa shape index (κ2) is 10.3. The van der Waals surface area contributed by atoms with Crippen LogP contribution in [-0.2, 0) is 0 Å². The fourth-order valence-electron chi connectivity index (χ4n) is 3.93. The lowest BCUT2D eigenvalue weighted by Gasteiger charge is -2.38. The summed E-state index contributed by atoms with van der Waals surface area (Å²) in [7, 11) is 0. The maximum atomic E-state index is 12.3. The molecule has 29 heavy (non-hydrogen) atoms. The minimum atomic E-state index is -4.68. The van der Waals surface area contributed by atoms with Gasteiger partial charge in [-0.2, -0.15) is 11.3 Å². The van der Waals surface area contributed by atoms with Crippen LogP contribution in [-0.4, -0.2) is 37.5 Å². The summed E-state index contributed by atoms with van der Waals surface area (Å²) >= 11 is 1.71. The lowest BCUT2D eigenvalue weighted by molar-refractivity contribution is -0.274. The van der Waals surface area contributed by atoms with Crippen molar-refractivity contribution in [2.24, 2.45) is 5.92 Å². The largest absolute Gasteiger partial charge is 0.573 e. The number of piperidine rings is 1. The molecule has 0 spiro atoms. The van der Waals surface area contributed by atoms with Gasteiger partial charge < -0.3 is 14.4 Å². The van der Waals surface area contributed by atoms with E-state index < -0.39 is 6.36 Å². The van der Waals surface area contributed by atoms with Crippen molar-refractivity contribution >= 4 is 11.3 Å². The summed E-state index contributed by atoms with van der Waals surface area (Å²) in [4.78, 5) is 2.52. The normalized spacial score (nSPS) is 20.6. The summed E-state index contributed by atoms with van der Waals surface area (Å²) < 4.78 is 46.8. The molecule has 2 unspecified atom stereocenters. The monoisotopic (exact) mass is 427 g/mol. The molecule has 0 bridgehead atoms. The van der Waals surface area contributed by atoms with Crippen molar-refractivity contribution in [2.75, 3.05) is 26.2 Å². The Balaban J connectivity index is 1.59. The Bertz CT molecular complexity index is 719. The topological polar surface area (TPSA) is 21.7 Å². The highest BCUT2D eigenvalue weighted by Gasteiger charge is 2.32. The van der Waals surface area contributed by atoms with Crippen molar-refractivity contribution in [2.45, 2.75) is 44.9 Å². The standard InChI is InChI=1S/C22H28F3NO2S/c1-2-3-4-11-26-12-9-21(17-10-13-29-16-17)18(14-26)15-27-19-5-7-20(8-6-19)28-22(23,24)25/h5-8,10,13,16,18,21H,2-4,9,11-12,14-15H2,1H3. The van der Waals surface area contributed by atoms with Crippen LogP contribution in [0, 0.1) is 5.92 Å². The van der Waals surface area contributed by atoms with Crippen LogP contribution in [0.15, 0.2) is 41.1 Å². The average Bonchev–Trinajstić information content (AvgIpc) is 3.21. The summed E-state index contributed by atoms with van der Waals surface area (Å²) in [6.07, 6.45) is 0.104. The van der Waals surface area contributed by atoms with Crippen molar-refractivity contribution < 1.29 is 22.6 Å². The average molecular weight is 428 g/mol. The Hall–Kier alpha value is -1.73. The fraction of sp³-hybridized carbons (Fsp3) is 0.545. The number of halogens is 3. The van der Waals surface area contributed by atoms with E-state index in [1.165, 1.54) is 49.1 Å². The smallest absolute Gasteiger partial charge is 0.493 e. The molecular formula is C22H28F3NO2S. The minimum Gasteiger partial charge on any atom is -0.493 e. The van der Waals surface area contributed by atoms with Gasteiger partial charge in [-0.25, -0.2) is 0 Å². The van der Waals surface area contributed by atoms with E-state index in [4.69, 9.17) is 4.74 Å². The highest BCUT2D eigenvalue weighted by molar-refractivity contribution is 7.07. The van der Waals surface area contributed by atoms with Gasteiger partial charge in [-0.1, -0.05) is 19.8 Å². The number of hydrogen-bond donors (Lipinski definition) is 0. The number of likely N-dealkylation sites (tertiary alicyclic amines) is 1. The van der Waals surface area contributed by atoms with E-state index in [0.29, 0.717) is 24.2 Å². The van der Waals surface area contributed by atoms with Gasteiger partial charge in [-0.3, -0.25) is 0 Å². The van der Waals surface area contributed by atoms with Crippen LogP contribution < -0.4 is 9.47 Å². The van der Waals surface area contributed by atoms with Crippen LogP contribution in [0.2, 0.25) is 0 Å². The van der Waals surface area contributed by atoms with E-state index >= 15 is 0 Å². The molecular weight excluding hydrogens is 399 g/mol. The summed E-state index contributed by atoms with van der Waals surface area (Å²) in [5.41, 5.74) is 1.37. The molecule has 1 aliphatic rings. The first-order valence-corrected chi connectivity index (χ1v) is 11.1. The van der Waals surface area contributed by atoms with Crippen LogP contribution >= 0.6 is 11.3 Å². The Labute approximate surface area is 174 Å². The Morgan fingerprint density at radius 2 is 1.86 bits per heavy atom. The van der Waals surface area contributed by atoms with Crippen LogP contribution in [0.3, 0.4) is 0 Å². The fourth-order valence-corrected chi connectivity index (χ4v) is 4.66. The molecule has 1 fully saturated rings. The molecule has 3 rings (SSSR count). The molecule has 0 saturated carbocycles. The summed E-state index contributed by atoms with van der Waals surface area (Å²) in [5.74, 6) is 1.13. The molecule has 2 heterocycles. The van der Waals surface area contributed by atoms with Crippen LogP contribution in [0.5, 0.6) is 11.5 Å². The molecule has 1 aliphatic heterocycles. The van der Waals surface area contributed by atoms with Crippen LogP contribution in [0.1, 0.15) is 44.1 Å². The van der Waals surface area contributed by atoms with Crippen LogP contribution in [0.25, 0.3) is 0 Å². The number of nitrogens with zero attached hydrogens (tertiary/aromatic N) is 1. The molecule has 2 atom stereocenters. The van der Waals surface area contributed by atoms with Crippen LogP contribution in [0.4, 0.5) is 13.2 Å². The number of hydrogen-bond acceptors (Lipinski definition) is 4. The van der Waals surface area contributed by atoms with Crippen molar-refractivity contribution in [3.8, 4) is 11.5 Å². The van der Waals surface area contributed by atoms with Gasteiger partial charge in [0.25, 0.3) is 0 Å². The molecule has 2 aromatic rings. The van der Waals surface area contributed by atoms with Gasteiger partial charge in [0.15, 0.2) is 0 Å². The van der Waals surface area contributed by atoms with Crippen molar-refractivity contribution in [1.29, 1.82) is 0 Å². The summed E-state index contributed by atoms with van der Waals surface area (Å²) in [6.45, 7) is 5.96. The predicted octanol–water partition coefficient (Wildman–Crippen LogP) is 6.32. The van der Waals surface area contributed by atoms with E-state index in [-0.39, 0.29) is 5.75 Å². The lowest BCUT2D eigenvalue weighted by Crippen LogP contribution is -2.42. The maximum absolute atomic E-state index is 12.3. The van der Waals surface area contributed by atoms with E-state index in [1.807, 2.05) is 0 Å². The van der Waals surface area contributed by atoms with Crippen molar-refractivity contribution in [1.82, 2.24) is 4.90 Å². The van der Waals surface area contributed by atoms with E-state index in [2.05, 4.69) is 33.4 Å². The molecule has 160 valence electrons. The highest BCUT2D eigenvalue weighted by Crippen LogP contribution is 2.35. The first-order chi connectivity index (χ1) is 13.9. The number of thiophene rings is 1. The van der Waals surface area contributed by atoms with E-state index in [1.54, 1.807) is 11.3 Å². The zero-order valence-electron chi connectivity index (χ0n) is 16.7. The number of benzene rings is 1. The van der Waals surface area contributed by atoms with Gasteiger partial charge in [0, 0.05) is 12.5 Å². The Morgan fingerprint density at radius 3 is 2.52 bits per heavy atom.